The molecule has 1 aliphatic heterocycles. The minimum Gasteiger partial charge on any atom is -0.493 e. The third kappa shape index (κ3) is 6.35. The maximum atomic E-state index is 13.0. The molecular weight excluding hydrogens is 494 g/mol. The van der Waals surface area contributed by atoms with Gasteiger partial charge in [-0.25, -0.2) is 4.98 Å². The van der Waals surface area contributed by atoms with Crippen molar-refractivity contribution in [3.8, 4) is 17.2 Å². The second-order valence-electron chi connectivity index (χ2n) is 8.85. The van der Waals surface area contributed by atoms with Gasteiger partial charge in [0, 0.05) is 48.7 Å². The molecule has 3 aromatic rings. The summed E-state index contributed by atoms with van der Waals surface area (Å²) in [5, 5.41) is 6.96. The number of halogens is 1. The van der Waals surface area contributed by atoms with Gasteiger partial charge in [-0.05, 0) is 49.1 Å². The standard InChI is InChI=1S/C27H32ClN5O4/c1-17-7-8-20(28)12-19(17)15-30-26(34)18-6-5-11-33(16-18)24-9-10-29-27(32-24)31-21-13-22(35-2)25(37-4)23(14-21)36-3/h7-10,12-14,18H,5-6,11,15-16H2,1-4H3,(H,30,34)(H,29,31,32). The number of piperidine rings is 1. The Kier molecular flexibility index (Phi) is 8.55. The predicted molar refractivity (Wildman–Crippen MR) is 144 cm³/mol. The molecule has 10 heteroatoms. The van der Waals surface area contributed by atoms with Crippen molar-refractivity contribution in [2.45, 2.75) is 26.3 Å². The third-order valence-electron chi connectivity index (χ3n) is 6.44. The number of anilines is 3. The van der Waals surface area contributed by atoms with Crippen molar-refractivity contribution in [3.05, 3.63) is 58.7 Å². The average molecular weight is 526 g/mol. The summed E-state index contributed by atoms with van der Waals surface area (Å²) in [6.07, 6.45) is 3.43. The number of carbonyl (C=O) groups excluding carboxylic acids is 1. The second-order valence-corrected chi connectivity index (χ2v) is 9.29. The van der Waals surface area contributed by atoms with Crippen molar-refractivity contribution in [1.82, 2.24) is 15.3 Å². The average Bonchev–Trinajstić information content (AvgIpc) is 2.93. The number of amides is 1. The van der Waals surface area contributed by atoms with Crippen LogP contribution in [0.25, 0.3) is 0 Å². The summed E-state index contributed by atoms with van der Waals surface area (Å²) in [6, 6.07) is 11.2. The normalized spacial score (nSPS) is 15.2. The predicted octanol–water partition coefficient (Wildman–Crippen LogP) is 4.74. The summed E-state index contributed by atoms with van der Waals surface area (Å²) in [7, 11) is 4.69. The lowest BCUT2D eigenvalue weighted by molar-refractivity contribution is -0.125. The van der Waals surface area contributed by atoms with E-state index >= 15 is 0 Å². The Hall–Kier alpha value is -3.72. The highest BCUT2D eigenvalue weighted by Gasteiger charge is 2.27. The van der Waals surface area contributed by atoms with Crippen LogP contribution in [0.1, 0.15) is 24.0 Å². The van der Waals surface area contributed by atoms with Crippen LogP contribution in [-0.4, -0.2) is 50.3 Å². The Morgan fingerprint density at radius 1 is 1.11 bits per heavy atom. The van der Waals surface area contributed by atoms with Crippen LogP contribution in [-0.2, 0) is 11.3 Å². The number of nitrogens with zero attached hydrogens (tertiary/aromatic N) is 3. The molecule has 196 valence electrons. The van der Waals surface area contributed by atoms with Gasteiger partial charge in [0.15, 0.2) is 11.5 Å². The largest absolute Gasteiger partial charge is 0.493 e. The summed E-state index contributed by atoms with van der Waals surface area (Å²) in [5.74, 6) is 2.65. The van der Waals surface area contributed by atoms with Crippen molar-refractivity contribution >= 4 is 35.0 Å². The topological polar surface area (TPSA) is 97.8 Å². The maximum Gasteiger partial charge on any atom is 0.229 e. The zero-order valence-corrected chi connectivity index (χ0v) is 22.3. The molecule has 0 aliphatic carbocycles. The monoisotopic (exact) mass is 525 g/mol. The molecule has 0 spiro atoms. The lowest BCUT2D eigenvalue weighted by Gasteiger charge is -2.33. The lowest BCUT2D eigenvalue weighted by Crippen LogP contribution is -2.43. The van der Waals surface area contributed by atoms with Crippen LogP contribution >= 0.6 is 11.6 Å². The van der Waals surface area contributed by atoms with Crippen LogP contribution in [0.5, 0.6) is 17.2 Å². The van der Waals surface area contributed by atoms with Crippen molar-refractivity contribution in [2.75, 3.05) is 44.6 Å². The number of nitrogens with one attached hydrogen (secondary N) is 2. The molecule has 1 atom stereocenters. The van der Waals surface area contributed by atoms with Gasteiger partial charge in [-0.15, -0.1) is 0 Å². The quantitative estimate of drug-likeness (QED) is 0.413. The van der Waals surface area contributed by atoms with Crippen LogP contribution in [0.15, 0.2) is 42.6 Å². The molecule has 1 aromatic heterocycles. The molecule has 2 N–H and O–H groups in total. The highest BCUT2D eigenvalue weighted by atomic mass is 35.5. The lowest BCUT2D eigenvalue weighted by atomic mass is 9.97. The van der Waals surface area contributed by atoms with E-state index in [2.05, 4.69) is 20.5 Å². The van der Waals surface area contributed by atoms with E-state index in [0.717, 1.165) is 36.3 Å². The fourth-order valence-electron chi connectivity index (χ4n) is 4.42. The number of methoxy groups -OCH3 is 3. The SMILES string of the molecule is COc1cc(Nc2nccc(N3CCCC(C(=O)NCc4cc(Cl)ccc4C)C3)n2)cc(OC)c1OC. The molecule has 37 heavy (non-hydrogen) atoms. The summed E-state index contributed by atoms with van der Waals surface area (Å²) in [6.45, 7) is 3.87. The molecule has 0 bridgehead atoms. The number of aromatic nitrogens is 2. The fraction of sp³-hybridized carbons (Fsp3) is 0.370. The molecule has 4 rings (SSSR count). The first kappa shape index (κ1) is 26.3. The molecule has 2 heterocycles. The number of aryl methyl sites for hydroxylation is 1. The van der Waals surface area contributed by atoms with E-state index in [1.807, 2.05) is 31.2 Å². The van der Waals surface area contributed by atoms with E-state index in [1.165, 1.54) is 0 Å². The zero-order chi connectivity index (χ0) is 26.4. The van der Waals surface area contributed by atoms with Gasteiger partial charge in [0.1, 0.15) is 5.82 Å². The molecule has 1 amide bonds. The Morgan fingerprint density at radius 2 is 1.86 bits per heavy atom. The van der Waals surface area contributed by atoms with Crippen LogP contribution in [0.3, 0.4) is 0 Å². The Balaban J connectivity index is 1.43. The van der Waals surface area contributed by atoms with Gasteiger partial charge in [-0.3, -0.25) is 4.79 Å². The number of hydrogen-bond acceptors (Lipinski definition) is 8. The van der Waals surface area contributed by atoms with E-state index in [0.29, 0.717) is 47.0 Å². The number of hydrogen-bond donors (Lipinski definition) is 2. The molecular formula is C27H32ClN5O4. The number of benzene rings is 2. The van der Waals surface area contributed by atoms with E-state index in [4.69, 9.17) is 30.8 Å². The first-order valence-electron chi connectivity index (χ1n) is 12.1. The van der Waals surface area contributed by atoms with E-state index in [1.54, 1.807) is 39.7 Å². The minimum atomic E-state index is -0.130. The summed E-state index contributed by atoms with van der Waals surface area (Å²) >= 11 is 6.12. The number of ether oxygens (including phenoxy) is 3. The van der Waals surface area contributed by atoms with E-state index in [-0.39, 0.29) is 11.8 Å². The highest BCUT2D eigenvalue weighted by molar-refractivity contribution is 6.30. The van der Waals surface area contributed by atoms with Crippen molar-refractivity contribution in [1.29, 1.82) is 0 Å². The van der Waals surface area contributed by atoms with Gasteiger partial charge >= 0.3 is 0 Å². The van der Waals surface area contributed by atoms with Gasteiger partial charge in [0.2, 0.25) is 17.6 Å². The maximum absolute atomic E-state index is 13.0. The van der Waals surface area contributed by atoms with E-state index in [9.17, 15) is 4.79 Å². The Morgan fingerprint density at radius 3 is 2.57 bits per heavy atom. The summed E-state index contributed by atoms with van der Waals surface area (Å²) in [4.78, 5) is 24.2. The fourth-order valence-corrected chi connectivity index (χ4v) is 4.62. The molecule has 2 aromatic carbocycles. The van der Waals surface area contributed by atoms with Gasteiger partial charge in [-0.1, -0.05) is 17.7 Å². The molecule has 1 saturated heterocycles. The second kappa shape index (κ2) is 12.0. The van der Waals surface area contributed by atoms with Crippen LogP contribution in [0.2, 0.25) is 5.02 Å². The first-order valence-corrected chi connectivity index (χ1v) is 12.5. The summed E-state index contributed by atoms with van der Waals surface area (Å²) < 4.78 is 16.3. The summed E-state index contributed by atoms with van der Waals surface area (Å²) in [5.41, 5.74) is 2.81. The van der Waals surface area contributed by atoms with Gasteiger partial charge < -0.3 is 29.7 Å². The van der Waals surface area contributed by atoms with Crippen LogP contribution in [0, 0.1) is 12.8 Å². The zero-order valence-electron chi connectivity index (χ0n) is 21.5. The molecule has 1 fully saturated rings. The minimum absolute atomic E-state index is 0.0360. The number of rotatable bonds is 9. The molecule has 0 radical (unpaired) electrons. The number of carbonyl (C=O) groups is 1. The first-order chi connectivity index (χ1) is 17.9. The van der Waals surface area contributed by atoms with Gasteiger partial charge in [0.05, 0.1) is 27.2 Å². The Bertz CT molecular complexity index is 1230. The molecule has 1 aliphatic rings. The van der Waals surface area contributed by atoms with Crippen molar-refractivity contribution < 1.29 is 19.0 Å². The van der Waals surface area contributed by atoms with Crippen LogP contribution < -0.4 is 29.7 Å². The third-order valence-corrected chi connectivity index (χ3v) is 6.68. The highest BCUT2D eigenvalue weighted by Crippen LogP contribution is 2.40. The molecule has 0 saturated carbocycles. The van der Waals surface area contributed by atoms with Crippen LogP contribution in [0.4, 0.5) is 17.5 Å². The molecule has 1 unspecified atom stereocenters. The Labute approximate surface area is 222 Å². The van der Waals surface area contributed by atoms with Gasteiger partial charge in [-0.2, -0.15) is 4.98 Å². The van der Waals surface area contributed by atoms with Crippen molar-refractivity contribution in [2.24, 2.45) is 5.92 Å². The van der Waals surface area contributed by atoms with E-state index < -0.39 is 0 Å². The van der Waals surface area contributed by atoms with Crippen molar-refractivity contribution in [3.63, 3.8) is 0 Å². The smallest absolute Gasteiger partial charge is 0.229 e. The van der Waals surface area contributed by atoms with Gasteiger partial charge in [0.25, 0.3) is 0 Å². The molecule has 9 nitrogen and oxygen atoms in total.